The molecule has 1 N–H and O–H groups in total. The number of esters is 1. The highest BCUT2D eigenvalue weighted by atomic mass is 16.5. The predicted molar refractivity (Wildman–Crippen MR) is 81.1 cm³/mol. The molecule has 5 heteroatoms. The van der Waals surface area contributed by atoms with Crippen molar-refractivity contribution in [3.05, 3.63) is 65.7 Å². The number of ether oxygens (including phenoxy) is 1. The van der Waals surface area contributed by atoms with Crippen LogP contribution in [0, 0.1) is 11.3 Å². The largest absolute Gasteiger partial charge is 0.449 e. The van der Waals surface area contributed by atoms with Gasteiger partial charge < -0.3 is 10.1 Å². The number of carbonyl (C=O) groups excluding carboxylic acids is 2. The summed E-state index contributed by atoms with van der Waals surface area (Å²) in [5, 5.41) is 11.3. The molecule has 0 radical (unpaired) electrons. The van der Waals surface area contributed by atoms with Crippen molar-refractivity contribution in [2.75, 3.05) is 5.32 Å². The van der Waals surface area contributed by atoms with E-state index in [1.54, 1.807) is 54.6 Å². The maximum atomic E-state index is 12.0. The number of nitrogens with zero attached hydrogens (tertiary/aromatic N) is 1. The second-order valence-electron chi connectivity index (χ2n) is 4.59. The second kappa shape index (κ2) is 7.04. The number of nitrogens with one attached hydrogen (secondary N) is 1. The van der Waals surface area contributed by atoms with Crippen molar-refractivity contribution in [1.82, 2.24) is 0 Å². The third-order valence-corrected chi connectivity index (χ3v) is 2.94. The number of anilines is 1. The molecule has 2 rings (SSSR count). The number of hydrogen-bond acceptors (Lipinski definition) is 4. The lowest BCUT2D eigenvalue weighted by Crippen LogP contribution is -2.29. The molecule has 0 aliphatic heterocycles. The zero-order valence-electron chi connectivity index (χ0n) is 11.9. The Kier molecular flexibility index (Phi) is 4.89. The minimum atomic E-state index is -0.927. The molecule has 110 valence electrons. The van der Waals surface area contributed by atoms with Crippen LogP contribution in [-0.4, -0.2) is 18.0 Å². The van der Waals surface area contributed by atoms with Crippen LogP contribution < -0.4 is 5.32 Å². The number of rotatable bonds is 4. The summed E-state index contributed by atoms with van der Waals surface area (Å²) in [6.45, 7) is 1.50. The van der Waals surface area contributed by atoms with E-state index in [0.29, 0.717) is 16.8 Å². The van der Waals surface area contributed by atoms with Gasteiger partial charge in [0.15, 0.2) is 6.10 Å². The minimum Gasteiger partial charge on any atom is -0.449 e. The third-order valence-electron chi connectivity index (χ3n) is 2.94. The van der Waals surface area contributed by atoms with E-state index in [0.717, 1.165) is 0 Å². The summed E-state index contributed by atoms with van der Waals surface area (Å²) >= 11 is 0. The van der Waals surface area contributed by atoms with Crippen molar-refractivity contribution < 1.29 is 14.3 Å². The van der Waals surface area contributed by atoms with Gasteiger partial charge in [0.05, 0.1) is 17.2 Å². The Hall–Kier alpha value is -3.13. The highest BCUT2D eigenvalue weighted by Gasteiger charge is 2.18. The van der Waals surface area contributed by atoms with Crippen molar-refractivity contribution in [3.63, 3.8) is 0 Å². The van der Waals surface area contributed by atoms with Crippen LogP contribution in [0.3, 0.4) is 0 Å². The van der Waals surface area contributed by atoms with Gasteiger partial charge in [-0.1, -0.05) is 18.2 Å². The maximum absolute atomic E-state index is 12.0. The zero-order valence-corrected chi connectivity index (χ0v) is 11.9. The van der Waals surface area contributed by atoms with Crippen LogP contribution in [0.2, 0.25) is 0 Å². The van der Waals surface area contributed by atoms with Gasteiger partial charge in [0, 0.05) is 5.69 Å². The van der Waals surface area contributed by atoms with Crippen molar-refractivity contribution >= 4 is 17.6 Å². The van der Waals surface area contributed by atoms with Crippen molar-refractivity contribution in [1.29, 1.82) is 5.26 Å². The molecule has 0 aliphatic rings. The molecule has 0 saturated heterocycles. The predicted octanol–water partition coefficient (Wildman–Crippen LogP) is 2.74. The number of hydrogen-bond donors (Lipinski definition) is 1. The van der Waals surface area contributed by atoms with Crippen LogP contribution in [0.1, 0.15) is 22.8 Å². The zero-order chi connectivity index (χ0) is 15.9. The van der Waals surface area contributed by atoms with Gasteiger partial charge in [-0.3, -0.25) is 4.79 Å². The molecule has 0 aliphatic carbocycles. The normalized spacial score (nSPS) is 11.1. The average molecular weight is 294 g/mol. The van der Waals surface area contributed by atoms with E-state index >= 15 is 0 Å². The Balaban J connectivity index is 1.94. The molecule has 1 atom stereocenters. The molecule has 2 aromatic carbocycles. The Bertz CT molecular complexity index is 703. The number of amides is 1. The Labute approximate surface area is 128 Å². The lowest BCUT2D eigenvalue weighted by molar-refractivity contribution is -0.123. The summed E-state index contributed by atoms with van der Waals surface area (Å²) in [7, 11) is 0. The van der Waals surface area contributed by atoms with Gasteiger partial charge in [0.1, 0.15) is 0 Å². The van der Waals surface area contributed by atoms with Gasteiger partial charge in [-0.05, 0) is 43.3 Å². The van der Waals surface area contributed by atoms with Gasteiger partial charge in [0.25, 0.3) is 5.91 Å². The summed E-state index contributed by atoms with van der Waals surface area (Å²) in [5.74, 6) is -0.989. The van der Waals surface area contributed by atoms with Gasteiger partial charge in [-0.2, -0.15) is 5.26 Å². The lowest BCUT2D eigenvalue weighted by atomic mass is 10.2. The summed E-state index contributed by atoms with van der Waals surface area (Å²) in [6.07, 6.45) is -0.927. The number of nitriles is 1. The Morgan fingerprint density at radius 2 is 1.73 bits per heavy atom. The van der Waals surface area contributed by atoms with E-state index in [1.807, 2.05) is 6.07 Å². The number of benzene rings is 2. The Morgan fingerprint density at radius 1 is 1.09 bits per heavy atom. The third kappa shape index (κ3) is 3.93. The molecule has 1 amide bonds. The summed E-state index contributed by atoms with van der Waals surface area (Å²) < 4.78 is 5.11. The average Bonchev–Trinajstić information content (AvgIpc) is 2.56. The quantitative estimate of drug-likeness (QED) is 0.879. The van der Waals surface area contributed by atoms with E-state index in [9.17, 15) is 9.59 Å². The minimum absolute atomic E-state index is 0.389. The fourth-order valence-corrected chi connectivity index (χ4v) is 1.73. The molecule has 0 saturated carbocycles. The summed E-state index contributed by atoms with van der Waals surface area (Å²) in [4.78, 5) is 23.8. The SMILES string of the molecule is C[C@@H](OC(=O)c1ccccc1)C(=O)Nc1ccc(C#N)cc1. The number of carbonyl (C=O) groups is 2. The topological polar surface area (TPSA) is 79.2 Å². The molecular weight excluding hydrogens is 280 g/mol. The second-order valence-corrected chi connectivity index (χ2v) is 4.59. The van der Waals surface area contributed by atoms with Crippen molar-refractivity contribution in [3.8, 4) is 6.07 Å². The van der Waals surface area contributed by atoms with E-state index < -0.39 is 18.0 Å². The molecular formula is C17H14N2O3. The maximum Gasteiger partial charge on any atom is 0.338 e. The smallest absolute Gasteiger partial charge is 0.338 e. The monoisotopic (exact) mass is 294 g/mol. The van der Waals surface area contributed by atoms with E-state index in [4.69, 9.17) is 10.00 Å². The van der Waals surface area contributed by atoms with Gasteiger partial charge in [-0.15, -0.1) is 0 Å². The molecule has 0 unspecified atom stereocenters. The van der Waals surface area contributed by atoms with Crippen LogP contribution in [-0.2, 0) is 9.53 Å². The molecule has 0 bridgehead atoms. The van der Waals surface area contributed by atoms with Crippen LogP contribution in [0.15, 0.2) is 54.6 Å². The van der Waals surface area contributed by atoms with E-state index in [-0.39, 0.29) is 0 Å². The molecule has 2 aromatic rings. The van der Waals surface area contributed by atoms with Crippen LogP contribution >= 0.6 is 0 Å². The highest BCUT2D eigenvalue weighted by molar-refractivity contribution is 5.97. The molecule has 5 nitrogen and oxygen atoms in total. The standard InChI is InChI=1S/C17H14N2O3/c1-12(22-17(21)14-5-3-2-4-6-14)16(20)19-15-9-7-13(11-18)8-10-15/h2-10,12H,1H3,(H,19,20)/t12-/m1/s1. The first kappa shape index (κ1) is 15.3. The molecule has 0 spiro atoms. The van der Waals surface area contributed by atoms with Gasteiger partial charge >= 0.3 is 5.97 Å². The van der Waals surface area contributed by atoms with Crippen LogP contribution in [0.25, 0.3) is 0 Å². The molecule has 0 fully saturated rings. The lowest BCUT2D eigenvalue weighted by Gasteiger charge is -2.13. The molecule has 0 aromatic heterocycles. The molecule has 22 heavy (non-hydrogen) atoms. The van der Waals surface area contributed by atoms with E-state index in [2.05, 4.69) is 5.32 Å². The Morgan fingerprint density at radius 3 is 2.32 bits per heavy atom. The first-order valence-electron chi connectivity index (χ1n) is 6.67. The summed E-state index contributed by atoms with van der Waals surface area (Å²) in [5.41, 5.74) is 1.42. The first-order valence-corrected chi connectivity index (χ1v) is 6.67. The van der Waals surface area contributed by atoms with Crippen molar-refractivity contribution in [2.24, 2.45) is 0 Å². The summed E-state index contributed by atoms with van der Waals surface area (Å²) in [6, 6.07) is 16.9. The fourth-order valence-electron chi connectivity index (χ4n) is 1.73. The van der Waals surface area contributed by atoms with Gasteiger partial charge in [-0.25, -0.2) is 4.79 Å². The first-order chi connectivity index (χ1) is 10.6. The van der Waals surface area contributed by atoms with Crippen LogP contribution in [0.4, 0.5) is 5.69 Å². The van der Waals surface area contributed by atoms with Crippen molar-refractivity contribution in [2.45, 2.75) is 13.0 Å². The van der Waals surface area contributed by atoms with Gasteiger partial charge in [0.2, 0.25) is 0 Å². The highest BCUT2D eigenvalue weighted by Crippen LogP contribution is 2.10. The fraction of sp³-hybridized carbons (Fsp3) is 0.118. The van der Waals surface area contributed by atoms with Crippen LogP contribution in [0.5, 0.6) is 0 Å². The molecule has 0 heterocycles. The van der Waals surface area contributed by atoms with E-state index in [1.165, 1.54) is 6.92 Å².